The second-order valence-corrected chi connectivity index (χ2v) is 5.51. The minimum atomic E-state index is -2.78. The summed E-state index contributed by atoms with van der Waals surface area (Å²) in [7, 11) is 0. The molecule has 0 radical (unpaired) electrons. The second-order valence-electron chi connectivity index (χ2n) is 5.51. The fourth-order valence-corrected chi connectivity index (χ4v) is 3.00. The van der Waals surface area contributed by atoms with Gasteiger partial charge in [0, 0.05) is 18.6 Å². The fourth-order valence-electron chi connectivity index (χ4n) is 3.00. The summed E-state index contributed by atoms with van der Waals surface area (Å²) in [6.45, 7) is 3.28. The summed E-state index contributed by atoms with van der Waals surface area (Å²) in [5.41, 5.74) is 6.86. The second kappa shape index (κ2) is 7.92. The summed E-state index contributed by atoms with van der Waals surface area (Å²) in [5.74, 6) is 0.749. The fraction of sp³-hybridized carbons (Fsp3) is 0.600. The highest BCUT2D eigenvalue weighted by Gasteiger charge is 2.31. The van der Waals surface area contributed by atoms with Gasteiger partial charge in [0.05, 0.1) is 0 Å². The van der Waals surface area contributed by atoms with Crippen LogP contribution in [0, 0.1) is 5.92 Å². The van der Waals surface area contributed by atoms with Gasteiger partial charge in [0.2, 0.25) is 0 Å². The van der Waals surface area contributed by atoms with Gasteiger partial charge in [-0.3, -0.25) is 4.90 Å². The maximum Gasteiger partial charge on any atom is 0.387 e. The monoisotopic (exact) mass is 320 g/mol. The Bertz CT molecular complexity index is 430. The molecule has 120 valence electrons. The number of alkyl halides is 2. The molecule has 1 aromatic carbocycles. The van der Waals surface area contributed by atoms with Crippen molar-refractivity contribution in [1.82, 2.24) is 4.90 Å². The van der Waals surface area contributed by atoms with Crippen LogP contribution in [-0.2, 0) is 0 Å². The number of nitrogens with zero attached hydrogens (tertiary/aromatic N) is 1. The van der Waals surface area contributed by atoms with E-state index in [1.807, 2.05) is 12.1 Å². The van der Waals surface area contributed by atoms with Crippen LogP contribution in [0.1, 0.15) is 31.9 Å². The lowest BCUT2D eigenvalue weighted by molar-refractivity contribution is -0.0498. The van der Waals surface area contributed by atoms with Crippen molar-refractivity contribution in [3.63, 3.8) is 0 Å². The lowest BCUT2D eigenvalue weighted by atomic mass is 10.1. The van der Waals surface area contributed by atoms with Crippen molar-refractivity contribution >= 4 is 12.4 Å². The lowest BCUT2D eigenvalue weighted by Crippen LogP contribution is -2.30. The normalized spacial score (nSPS) is 23.9. The van der Waals surface area contributed by atoms with Crippen LogP contribution in [0.3, 0.4) is 0 Å². The molecular weight excluding hydrogens is 298 g/mol. The van der Waals surface area contributed by atoms with Gasteiger partial charge in [0.1, 0.15) is 5.75 Å². The van der Waals surface area contributed by atoms with Crippen LogP contribution in [0.25, 0.3) is 0 Å². The van der Waals surface area contributed by atoms with Crippen LogP contribution in [0.2, 0.25) is 0 Å². The molecule has 1 aliphatic rings. The zero-order valence-electron chi connectivity index (χ0n) is 12.3. The lowest BCUT2D eigenvalue weighted by Gasteiger charge is -2.29. The predicted octanol–water partition coefficient (Wildman–Crippen LogP) is 3.44. The van der Waals surface area contributed by atoms with Gasteiger partial charge >= 0.3 is 6.61 Å². The number of likely N-dealkylation sites (tertiary alicyclic amines) is 1. The Morgan fingerprint density at radius 2 is 1.95 bits per heavy atom. The summed E-state index contributed by atoms with van der Waals surface area (Å²) in [5, 5.41) is 0. The van der Waals surface area contributed by atoms with E-state index in [2.05, 4.69) is 23.5 Å². The summed E-state index contributed by atoms with van der Waals surface area (Å²) < 4.78 is 28.6. The number of hydrogen-bond donors (Lipinski definition) is 1. The molecule has 2 N–H and O–H groups in total. The van der Waals surface area contributed by atoms with Gasteiger partial charge in [-0.05, 0) is 50.4 Å². The van der Waals surface area contributed by atoms with Gasteiger partial charge in [0.15, 0.2) is 0 Å². The molecule has 1 fully saturated rings. The molecular formula is C15H23ClF2N2O. The Labute approximate surface area is 130 Å². The molecule has 1 aliphatic heterocycles. The first-order valence-corrected chi connectivity index (χ1v) is 7.01. The van der Waals surface area contributed by atoms with Crippen molar-refractivity contribution in [2.24, 2.45) is 11.7 Å². The predicted molar refractivity (Wildman–Crippen MR) is 82.1 cm³/mol. The molecule has 6 heteroatoms. The molecule has 1 heterocycles. The molecule has 21 heavy (non-hydrogen) atoms. The molecule has 3 nitrogen and oxygen atoms in total. The first kappa shape index (κ1) is 18.1. The molecule has 0 aromatic heterocycles. The topological polar surface area (TPSA) is 38.5 Å². The van der Waals surface area contributed by atoms with Gasteiger partial charge in [-0.15, -0.1) is 12.4 Å². The zero-order chi connectivity index (χ0) is 14.7. The van der Waals surface area contributed by atoms with Gasteiger partial charge in [-0.25, -0.2) is 0 Å². The van der Waals surface area contributed by atoms with E-state index in [9.17, 15) is 8.78 Å². The van der Waals surface area contributed by atoms with Crippen molar-refractivity contribution in [3.05, 3.63) is 29.8 Å². The largest absolute Gasteiger partial charge is 0.435 e. The minimum Gasteiger partial charge on any atom is -0.435 e. The molecule has 3 unspecified atom stereocenters. The SMILES string of the molecule is CC1CC(CN)CN1C(C)c1ccc(OC(F)F)cc1.Cl. The van der Waals surface area contributed by atoms with Crippen LogP contribution in [0.5, 0.6) is 5.75 Å². The van der Waals surface area contributed by atoms with E-state index in [1.54, 1.807) is 12.1 Å². The quantitative estimate of drug-likeness (QED) is 0.903. The van der Waals surface area contributed by atoms with E-state index >= 15 is 0 Å². The summed E-state index contributed by atoms with van der Waals surface area (Å²) in [6.07, 6.45) is 1.12. The number of nitrogens with two attached hydrogens (primary N) is 1. The standard InChI is InChI=1S/C15H22F2N2O.ClH/c1-10-7-12(8-18)9-19(10)11(2)13-3-5-14(6-4-13)20-15(16)17;/h3-6,10-12,15H,7-9,18H2,1-2H3;1H. The number of benzene rings is 1. The molecule has 0 aliphatic carbocycles. The van der Waals surface area contributed by atoms with Gasteiger partial charge in [0.25, 0.3) is 0 Å². The molecule has 1 saturated heterocycles. The van der Waals surface area contributed by atoms with Gasteiger partial charge < -0.3 is 10.5 Å². The van der Waals surface area contributed by atoms with Crippen LogP contribution in [-0.4, -0.2) is 30.6 Å². The molecule has 3 atom stereocenters. The maximum absolute atomic E-state index is 12.1. The van der Waals surface area contributed by atoms with Crippen molar-refractivity contribution < 1.29 is 13.5 Å². The van der Waals surface area contributed by atoms with Crippen LogP contribution in [0.15, 0.2) is 24.3 Å². The van der Waals surface area contributed by atoms with Crippen molar-refractivity contribution in [3.8, 4) is 5.75 Å². The molecule has 0 saturated carbocycles. The smallest absolute Gasteiger partial charge is 0.387 e. The Balaban J connectivity index is 0.00000220. The third-order valence-corrected chi connectivity index (χ3v) is 4.13. The Kier molecular flexibility index (Phi) is 6.84. The molecule has 2 rings (SSSR count). The molecule has 0 spiro atoms. The average Bonchev–Trinajstić information content (AvgIpc) is 2.79. The Hall–Kier alpha value is -0.910. The minimum absolute atomic E-state index is 0. The van der Waals surface area contributed by atoms with Crippen LogP contribution in [0.4, 0.5) is 8.78 Å². The van der Waals surface area contributed by atoms with Crippen molar-refractivity contribution in [2.75, 3.05) is 13.1 Å². The Morgan fingerprint density at radius 3 is 2.43 bits per heavy atom. The molecule has 0 bridgehead atoms. The van der Waals surface area contributed by atoms with Gasteiger partial charge in [-0.2, -0.15) is 8.78 Å². The maximum atomic E-state index is 12.1. The highest BCUT2D eigenvalue weighted by Crippen LogP contribution is 2.32. The molecule has 0 amide bonds. The van der Waals surface area contributed by atoms with E-state index in [-0.39, 0.29) is 24.2 Å². The number of halogens is 3. The first-order chi connectivity index (χ1) is 9.51. The van der Waals surface area contributed by atoms with Crippen molar-refractivity contribution in [2.45, 2.75) is 39.0 Å². The third-order valence-electron chi connectivity index (χ3n) is 4.13. The number of ether oxygens (including phenoxy) is 1. The van der Waals surface area contributed by atoms with Gasteiger partial charge in [-0.1, -0.05) is 12.1 Å². The average molecular weight is 321 g/mol. The number of hydrogen-bond acceptors (Lipinski definition) is 3. The van der Waals surface area contributed by atoms with E-state index < -0.39 is 6.61 Å². The highest BCUT2D eigenvalue weighted by molar-refractivity contribution is 5.85. The number of rotatable bonds is 5. The first-order valence-electron chi connectivity index (χ1n) is 7.01. The van der Waals surface area contributed by atoms with E-state index in [1.165, 1.54) is 0 Å². The van der Waals surface area contributed by atoms with E-state index in [0.29, 0.717) is 18.5 Å². The Morgan fingerprint density at radius 1 is 1.33 bits per heavy atom. The van der Waals surface area contributed by atoms with Crippen LogP contribution >= 0.6 is 12.4 Å². The molecule has 1 aromatic rings. The summed E-state index contributed by atoms with van der Waals surface area (Å²) >= 11 is 0. The zero-order valence-corrected chi connectivity index (χ0v) is 13.2. The van der Waals surface area contributed by atoms with E-state index in [4.69, 9.17) is 5.73 Å². The van der Waals surface area contributed by atoms with E-state index in [0.717, 1.165) is 18.5 Å². The third kappa shape index (κ3) is 4.53. The summed E-state index contributed by atoms with van der Waals surface area (Å²) in [6, 6.07) is 7.64. The highest BCUT2D eigenvalue weighted by atomic mass is 35.5. The summed E-state index contributed by atoms with van der Waals surface area (Å²) in [4.78, 5) is 2.42. The van der Waals surface area contributed by atoms with Crippen LogP contribution < -0.4 is 10.5 Å². The van der Waals surface area contributed by atoms with Crippen molar-refractivity contribution in [1.29, 1.82) is 0 Å².